The molecule has 2 aliphatic heterocycles. The molecule has 10 heteroatoms. The van der Waals surface area contributed by atoms with Crippen LogP contribution in [0.1, 0.15) is 11.1 Å². The number of imide groups is 1. The molecule has 0 radical (unpaired) electrons. The average Bonchev–Trinajstić information content (AvgIpc) is 3.20. The Hall–Kier alpha value is -3.33. The summed E-state index contributed by atoms with van der Waals surface area (Å²) in [6.07, 6.45) is 0. The van der Waals surface area contributed by atoms with Gasteiger partial charge in [0.05, 0.1) is 10.7 Å². The molecule has 30 heavy (non-hydrogen) atoms. The number of amides is 3. The second-order valence-electron chi connectivity index (χ2n) is 7.17. The van der Waals surface area contributed by atoms with Crippen molar-refractivity contribution in [2.24, 2.45) is 10.3 Å². The highest BCUT2D eigenvalue weighted by atomic mass is 35.5. The minimum absolute atomic E-state index is 0.140. The number of carbonyl (C=O) groups is 3. The number of fused-ring (bicyclic) bond motifs is 1. The van der Waals surface area contributed by atoms with Crippen molar-refractivity contribution < 1.29 is 18.8 Å². The largest absolute Gasteiger partial charge is 0.324 e. The summed E-state index contributed by atoms with van der Waals surface area (Å²) >= 11 is 5.78. The van der Waals surface area contributed by atoms with Gasteiger partial charge in [0.1, 0.15) is 12.4 Å². The first-order chi connectivity index (χ1) is 14.3. The van der Waals surface area contributed by atoms with Gasteiger partial charge in [0.2, 0.25) is 5.91 Å². The molecular weight excluding hydrogens is 413 g/mol. The molecule has 0 aliphatic carbocycles. The molecule has 2 aromatic rings. The molecule has 2 aliphatic rings. The Bertz CT molecular complexity index is 1110. The zero-order chi connectivity index (χ0) is 21.6. The molecule has 1 saturated heterocycles. The monoisotopic (exact) mass is 429 g/mol. The number of anilines is 2. The molecule has 2 unspecified atom stereocenters. The van der Waals surface area contributed by atoms with E-state index in [1.807, 2.05) is 26.0 Å². The zero-order valence-electron chi connectivity index (χ0n) is 16.1. The Morgan fingerprint density at radius 1 is 1.17 bits per heavy atom. The molecule has 0 aromatic heterocycles. The van der Waals surface area contributed by atoms with Crippen molar-refractivity contribution in [1.82, 2.24) is 5.01 Å². The molecule has 1 N–H and O–H groups in total. The Morgan fingerprint density at radius 2 is 1.93 bits per heavy atom. The van der Waals surface area contributed by atoms with Gasteiger partial charge in [-0.1, -0.05) is 34.5 Å². The third-order valence-corrected chi connectivity index (χ3v) is 5.27. The number of nitrogens with zero attached hydrogens (tertiary/aromatic N) is 4. The highest BCUT2D eigenvalue weighted by Gasteiger charge is 2.55. The molecule has 0 bridgehead atoms. The van der Waals surface area contributed by atoms with Crippen LogP contribution in [0.15, 0.2) is 46.7 Å². The maximum Gasteiger partial charge on any atom is 0.263 e. The van der Waals surface area contributed by atoms with Gasteiger partial charge in [-0.15, -0.1) is 0 Å². The SMILES string of the molecule is Cc1ccc(NC(=O)CN2N=NC3C(=O)N(c4ccc(F)c(Cl)c4)C(=O)C32)c(C)c1. The van der Waals surface area contributed by atoms with Gasteiger partial charge in [0.25, 0.3) is 11.8 Å². The van der Waals surface area contributed by atoms with E-state index in [4.69, 9.17) is 11.6 Å². The minimum atomic E-state index is -1.06. The molecule has 8 nitrogen and oxygen atoms in total. The van der Waals surface area contributed by atoms with E-state index < -0.39 is 35.6 Å². The van der Waals surface area contributed by atoms with Crippen LogP contribution in [0.3, 0.4) is 0 Å². The maximum absolute atomic E-state index is 13.4. The first-order valence-corrected chi connectivity index (χ1v) is 9.51. The van der Waals surface area contributed by atoms with Gasteiger partial charge in [-0.05, 0) is 43.7 Å². The van der Waals surface area contributed by atoms with Crippen LogP contribution in [0.5, 0.6) is 0 Å². The van der Waals surface area contributed by atoms with Crippen molar-refractivity contribution in [3.05, 3.63) is 58.4 Å². The van der Waals surface area contributed by atoms with Gasteiger partial charge in [-0.25, -0.2) is 9.29 Å². The van der Waals surface area contributed by atoms with Crippen molar-refractivity contribution >= 4 is 40.7 Å². The Kier molecular flexibility index (Phi) is 4.98. The van der Waals surface area contributed by atoms with Gasteiger partial charge in [-0.2, -0.15) is 5.11 Å². The number of benzene rings is 2. The van der Waals surface area contributed by atoms with Crippen molar-refractivity contribution in [1.29, 1.82) is 0 Å². The molecule has 2 aromatic carbocycles. The summed E-state index contributed by atoms with van der Waals surface area (Å²) < 4.78 is 13.4. The molecular formula is C20H17ClFN5O3. The van der Waals surface area contributed by atoms with Gasteiger partial charge in [-0.3, -0.25) is 19.4 Å². The van der Waals surface area contributed by atoms with E-state index in [1.54, 1.807) is 6.07 Å². The van der Waals surface area contributed by atoms with Crippen LogP contribution in [0.25, 0.3) is 0 Å². The summed E-state index contributed by atoms with van der Waals surface area (Å²) in [5, 5.41) is 11.5. The van der Waals surface area contributed by atoms with Crippen molar-refractivity contribution in [2.75, 3.05) is 16.8 Å². The molecule has 0 spiro atoms. The van der Waals surface area contributed by atoms with E-state index in [9.17, 15) is 18.8 Å². The molecule has 2 heterocycles. The fourth-order valence-electron chi connectivity index (χ4n) is 3.52. The number of carbonyl (C=O) groups excluding carboxylic acids is 3. The number of hydrogen-bond donors (Lipinski definition) is 1. The van der Waals surface area contributed by atoms with Crippen LogP contribution in [0.4, 0.5) is 15.8 Å². The lowest BCUT2D eigenvalue weighted by molar-refractivity contribution is -0.123. The summed E-state index contributed by atoms with van der Waals surface area (Å²) in [7, 11) is 0. The summed E-state index contributed by atoms with van der Waals surface area (Å²) in [5.41, 5.74) is 2.75. The summed E-state index contributed by atoms with van der Waals surface area (Å²) in [6, 6.07) is 7.06. The fraction of sp³-hybridized carbons (Fsp3) is 0.250. The molecule has 154 valence electrons. The van der Waals surface area contributed by atoms with E-state index >= 15 is 0 Å². The van der Waals surface area contributed by atoms with E-state index in [-0.39, 0.29) is 17.3 Å². The second-order valence-corrected chi connectivity index (χ2v) is 7.58. The number of hydrogen-bond acceptors (Lipinski definition) is 6. The first kappa shape index (κ1) is 20.0. The number of nitrogens with one attached hydrogen (secondary N) is 1. The number of rotatable bonds is 4. The van der Waals surface area contributed by atoms with Crippen molar-refractivity contribution in [3.63, 3.8) is 0 Å². The number of aryl methyl sites for hydroxylation is 2. The molecule has 1 fully saturated rings. The first-order valence-electron chi connectivity index (χ1n) is 9.13. The third-order valence-electron chi connectivity index (χ3n) is 4.98. The predicted octanol–water partition coefficient (Wildman–Crippen LogP) is 3.03. The smallest absolute Gasteiger partial charge is 0.263 e. The van der Waals surface area contributed by atoms with Crippen molar-refractivity contribution in [3.8, 4) is 0 Å². The fourth-order valence-corrected chi connectivity index (χ4v) is 3.70. The molecule has 3 amide bonds. The van der Waals surface area contributed by atoms with Crippen molar-refractivity contribution in [2.45, 2.75) is 25.9 Å². The molecule has 4 rings (SSSR count). The standard InChI is InChI=1S/C20H17ClFN5O3/c1-10-3-6-15(11(2)7-10)23-16(28)9-26-18-17(24-25-26)19(29)27(20(18)30)12-4-5-14(22)13(21)8-12/h3-8,17-18H,9H2,1-2H3,(H,23,28). The maximum atomic E-state index is 13.4. The van der Waals surface area contributed by atoms with Crippen LogP contribution < -0.4 is 10.2 Å². The van der Waals surface area contributed by atoms with Crippen LogP contribution in [0.2, 0.25) is 5.02 Å². The lowest BCUT2D eigenvalue weighted by Crippen LogP contribution is -2.43. The Labute approximate surface area is 176 Å². The molecule has 2 atom stereocenters. The zero-order valence-corrected chi connectivity index (χ0v) is 16.9. The average molecular weight is 430 g/mol. The predicted molar refractivity (Wildman–Crippen MR) is 108 cm³/mol. The third kappa shape index (κ3) is 3.41. The Balaban J connectivity index is 1.50. The lowest BCUT2D eigenvalue weighted by atomic mass is 10.1. The van der Waals surface area contributed by atoms with E-state index in [0.717, 1.165) is 22.1 Å². The van der Waals surface area contributed by atoms with Crippen LogP contribution in [-0.2, 0) is 14.4 Å². The summed E-state index contributed by atoms with van der Waals surface area (Å²) in [6.45, 7) is 3.57. The number of halogens is 2. The van der Waals surface area contributed by atoms with Gasteiger partial charge >= 0.3 is 0 Å². The second kappa shape index (κ2) is 7.49. The molecule has 0 saturated carbocycles. The van der Waals surface area contributed by atoms with Crippen LogP contribution in [-0.4, -0.2) is 41.4 Å². The summed E-state index contributed by atoms with van der Waals surface area (Å²) in [5.74, 6) is -2.26. The van der Waals surface area contributed by atoms with E-state index in [2.05, 4.69) is 15.7 Å². The van der Waals surface area contributed by atoms with Gasteiger partial charge in [0, 0.05) is 5.69 Å². The topological polar surface area (TPSA) is 94.4 Å². The minimum Gasteiger partial charge on any atom is -0.324 e. The van der Waals surface area contributed by atoms with E-state index in [0.29, 0.717) is 5.69 Å². The highest BCUT2D eigenvalue weighted by Crippen LogP contribution is 2.33. The van der Waals surface area contributed by atoms with Gasteiger partial charge in [0.15, 0.2) is 12.1 Å². The quantitative estimate of drug-likeness (QED) is 0.756. The highest BCUT2D eigenvalue weighted by molar-refractivity contribution is 6.32. The van der Waals surface area contributed by atoms with E-state index in [1.165, 1.54) is 17.1 Å². The lowest BCUT2D eigenvalue weighted by Gasteiger charge is -2.20. The summed E-state index contributed by atoms with van der Waals surface area (Å²) in [4.78, 5) is 39.0. The van der Waals surface area contributed by atoms with Gasteiger partial charge < -0.3 is 5.32 Å². The normalized spacial score (nSPS) is 20.1. The Morgan fingerprint density at radius 3 is 2.63 bits per heavy atom. The van der Waals surface area contributed by atoms with Crippen LogP contribution >= 0.6 is 11.6 Å². The van der Waals surface area contributed by atoms with Crippen LogP contribution in [0, 0.1) is 19.7 Å².